The van der Waals surface area contributed by atoms with Gasteiger partial charge in [-0.25, -0.2) is 0 Å². The minimum absolute atomic E-state index is 0.0473. The van der Waals surface area contributed by atoms with Crippen LogP contribution in [-0.2, 0) is 9.59 Å². The van der Waals surface area contributed by atoms with E-state index in [1.807, 2.05) is 0 Å². The third-order valence-corrected chi connectivity index (χ3v) is 1.34. The van der Waals surface area contributed by atoms with E-state index < -0.39 is 18.0 Å². The average molecular weight is 187 g/mol. The van der Waals surface area contributed by atoms with Crippen molar-refractivity contribution >= 4 is 11.9 Å². The number of carbonyl (C=O) groups is 2. The monoisotopic (exact) mass is 187 g/mol. The average Bonchev–Trinajstić information content (AvgIpc) is 2.02. The molecule has 0 aromatic rings. The Bertz CT molecular complexity index is 244. The van der Waals surface area contributed by atoms with E-state index in [2.05, 4.69) is 10.0 Å². The minimum Gasteiger partial charge on any atom is -0.481 e. The molecule has 0 amide bonds. The first-order valence-electron chi connectivity index (χ1n) is 3.56. The first kappa shape index (κ1) is 11.2. The van der Waals surface area contributed by atoms with Gasteiger partial charge in [-0.15, -0.1) is 0 Å². The molecule has 0 rings (SSSR count). The largest absolute Gasteiger partial charge is 0.481 e. The van der Waals surface area contributed by atoms with Crippen molar-refractivity contribution in [2.24, 2.45) is 5.11 Å². The fourth-order valence-electron chi connectivity index (χ4n) is 0.740. The molecule has 0 heterocycles. The second-order valence-electron chi connectivity index (χ2n) is 2.34. The fraction of sp³-hybridized carbons (Fsp3) is 0.667. The first-order chi connectivity index (χ1) is 6.07. The van der Waals surface area contributed by atoms with E-state index in [4.69, 9.17) is 15.7 Å². The third kappa shape index (κ3) is 5.51. The van der Waals surface area contributed by atoms with Gasteiger partial charge in [0.2, 0.25) is 0 Å². The van der Waals surface area contributed by atoms with Crippen molar-refractivity contribution in [3.63, 3.8) is 0 Å². The smallest absolute Gasteiger partial charge is 0.312 e. The first-order valence-corrected chi connectivity index (χ1v) is 3.56. The van der Waals surface area contributed by atoms with E-state index in [1.54, 1.807) is 0 Å². The summed E-state index contributed by atoms with van der Waals surface area (Å²) < 4.78 is 0. The highest BCUT2D eigenvalue weighted by Gasteiger charge is 2.14. The molecule has 0 radical (unpaired) electrons. The van der Waals surface area contributed by atoms with Crippen LogP contribution in [0.1, 0.15) is 19.3 Å². The third-order valence-electron chi connectivity index (χ3n) is 1.34. The van der Waals surface area contributed by atoms with Gasteiger partial charge in [0, 0.05) is 11.3 Å². The predicted molar refractivity (Wildman–Crippen MR) is 42.1 cm³/mol. The SMILES string of the molecule is [N-]=[N+]=N[C@@H](CCCC(=O)O)C(=O)O. The van der Waals surface area contributed by atoms with E-state index in [0.717, 1.165) is 0 Å². The van der Waals surface area contributed by atoms with Crippen LogP contribution in [0.2, 0.25) is 0 Å². The summed E-state index contributed by atoms with van der Waals surface area (Å²) in [6, 6.07) is -1.16. The zero-order chi connectivity index (χ0) is 10.3. The Morgan fingerprint density at radius 1 is 1.46 bits per heavy atom. The summed E-state index contributed by atoms with van der Waals surface area (Å²) in [7, 11) is 0. The van der Waals surface area contributed by atoms with E-state index in [0.29, 0.717) is 0 Å². The van der Waals surface area contributed by atoms with Gasteiger partial charge in [-0.1, -0.05) is 5.11 Å². The van der Waals surface area contributed by atoms with Gasteiger partial charge in [-0.2, -0.15) is 0 Å². The van der Waals surface area contributed by atoms with Crippen molar-refractivity contribution in [3.05, 3.63) is 10.4 Å². The maximum absolute atomic E-state index is 10.4. The van der Waals surface area contributed by atoms with Gasteiger partial charge < -0.3 is 10.2 Å². The number of carboxylic acids is 2. The second kappa shape index (κ2) is 5.84. The summed E-state index contributed by atoms with van der Waals surface area (Å²) in [5, 5.41) is 19.7. The highest BCUT2D eigenvalue weighted by molar-refractivity contribution is 5.73. The maximum Gasteiger partial charge on any atom is 0.312 e. The van der Waals surface area contributed by atoms with Gasteiger partial charge in [0.25, 0.3) is 0 Å². The van der Waals surface area contributed by atoms with Crippen molar-refractivity contribution in [2.45, 2.75) is 25.3 Å². The lowest BCUT2D eigenvalue weighted by Gasteiger charge is -2.02. The summed E-state index contributed by atoms with van der Waals surface area (Å²) in [6.45, 7) is 0. The summed E-state index contributed by atoms with van der Waals surface area (Å²) in [5.41, 5.74) is 7.97. The molecule has 0 fully saturated rings. The molecule has 2 N–H and O–H groups in total. The summed E-state index contributed by atoms with van der Waals surface area (Å²) >= 11 is 0. The quantitative estimate of drug-likeness (QED) is 0.365. The Labute approximate surface area is 73.6 Å². The maximum atomic E-state index is 10.4. The summed E-state index contributed by atoms with van der Waals surface area (Å²) in [5.74, 6) is -2.23. The Balaban J connectivity index is 3.90. The van der Waals surface area contributed by atoms with Crippen LogP contribution in [0, 0.1) is 0 Å². The molecule has 0 spiro atoms. The van der Waals surface area contributed by atoms with Crippen molar-refractivity contribution < 1.29 is 19.8 Å². The van der Waals surface area contributed by atoms with Gasteiger partial charge in [0.05, 0.1) is 0 Å². The Morgan fingerprint density at radius 3 is 2.46 bits per heavy atom. The van der Waals surface area contributed by atoms with E-state index in [9.17, 15) is 9.59 Å². The molecule has 0 aliphatic carbocycles. The summed E-state index contributed by atoms with van der Waals surface area (Å²) in [6.07, 6.45) is 0.113. The zero-order valence-corrected chi connectivity index (χ0v) is 6.75. The molecule has 0 bridgehead atoms. The molecule has 0 saturated carbocycles. The Hall–Kier alpha value is -1.75. The van der Waals surface area contributed by atoms with Crippen LogP contribution in [0.25, 0.3) is 10.4 Å². The molecule has 13 heavy (non-hydrogen) atoms. The molecule has 0 aromatic carbocycles. The number of rotatable bonds is 6. The standard InChI is InChI=1S/C6H9N3O4/c7-9-8-4(6(12)13)2-1-3-5(10)11/h4H,1-3H2,(H,10,11)(H,12,13)/t4-/m0/s1. The Kier molecular flexibility index (Phi) is 5.06. The van der Waals surface area contributed by atoms with Crippen LogP contribution < -0.4 is 0 Å². The molecular formula is C6H9N3O4. The molecule has 0 aliphatic rings. The van der Waals surface area contributed by atoms with Crippen LogP contribution >= 0.6 is 0 Å². The molecule has 0 unspecified atom stereocenters. The number of hydrogen-bond acceptors (Lipinski definition) is 3. The number of azide groups is 1. The van der Waals surface area contributed by atoms with Gasteiger partial charge in [0.1, 0.15) is 6.04 Å². The van der Waals surface area contributed by atoms with Gasteiger partial charge in [-0.05, 0) is 18.4 Å². The second-order valence-corrected chi connectivity index (χ2v) is 2.34. The lowest BCUT2D eigenvalue weighted by atomic mass is 10.1. The molecule has 7 heteroatoms. The normalized spacial score (nSPS) is 11.4. The molecular weight excluding hydrogens is 178 g/mol. The Morgan fingerprint density at radius 2 is 2.08 bits per heavy atom. The zero-order valence-electron chi connectivity index (χ0n) is 6.75. The van der Waals surface area contributed by atoms with Crippen molar-refractivity contribution in [3.8, 4) is 0 Å². The molecule has 0 aromatic heterocycles. The van der Waals surface area contributed by atoms with Crippen LogP contribution in [-0.4, -0.2) is 28.2 Å². The van der Waals surface area contributed by atoms with Gasteiger partial charge in [-0.3, -0.25) is 9.59 Å². The number of aliphatic carboxylic acids is 2. The predicted octanol–water partition coefficient (Wildman–Crippen LogP) is 1.00. The molecule has 1 atom stereocenters. The highest BCUT2D eigenvalue weighted by Crippen LogP contribution is 2.05. The van der Waals surface area contributed by atoms with Crippen LogP contribution in [0.4, 0.5) is 0 Å². The lowest BCUT2D eigenvalue weighted by Crippen LogP contribution is -2.17. The van der Waals surface area contributed by atoms with E-state index in [1.165, 1.54) is 0 Å². The van der Waals surface area contributed by atoms with Crippen LogP contribution in [0.15, 0.2) is 5.11 Å². The minimum atomic E-state index is -1.23. The van der Waals surface area contributed by atoms with Crippen LogP contribution in [0.5, 0.6) is 0 Å². The number of carboxylic acid groups (broad SMARTS) is 2. The van der Waals surface area contributed by atoms with Crippen LogP contribution in [0.3, 0.4) is 0 Å². The van der Waals surface area contributed by atoms with Gasteiger partial charge in [0.15, 0.2) is 0 Å². The topological polar surface area (TPSA) is 123 Å². The van der Waals surface area contributed by atoms with E-state index in [-0.39, 0.29) is 19.3 Å². The van der Waals surface area contributed by atoms with Crippen molar-refractivity contribution in [1.29, 1.82) is 0 Å². The molecule has 0 aliphatic heterocycles. The number of hydrogen-bond donors (Lipinski definition) is 2. The van der Waals surface area contributed by atoms with Crippen molar-refractivity contribution in [2.75, 3.05) is 0 Å². The van der Waals surface area contributed by atoms with Gasteiger partial charge >= 0.3 is 11.9 Å². The fourth-order valence-corrected chi connectivity index (χ4v) is 0.740. The number of nitrogens with zero attached hydrogens (tertiary/aromatic N) is 3. The molecule has 7 nitrogen and oxygen atoms in total. The lowest BCUT2D eigenvalue weighted by molar-refractivity contribution is -0.140. The highest BCUT2D eigenvalue weighted by atomic mass is 16.4. The van der Waals surface area contributed by atoms with Crippen molar-refractivity contribution in [1.82, 2.24) is 0 Å². The molecule has 72 valence electrons. The van der Waals surface area contributed by atoms with E-state index >= 15 is 0 Å². The summed E-state index contributed by atoms with van der Waals surface area (Å²) in [4.78, 5) is 22.8. The molecule has 0 saturated heterocycles.